The predicted molar refractivity (Wildman–Crippen MR) is 138 cm³/mol. The number of methoxy groups -OCH3 is 1. The van der Waals surface area contributed by atoms with Gasteiger partial charge in [-0.3, -0.25) is 4.79 Å². The highest BCUT2D eigenvalue weighted by Crippen LogP contribution is 2.77. The summed E-state index contributed by atoms with van der Waals surface area (Å²) in [5.74, 6) is 1.96. The van der Waals surface area contributed by atoms with Crippen molar-refractivity contribution in [1.29, 1.82) is 0 Å². The van der Waals surface area contributed by atoms with E-state index in [1.807, 2.05) is 13.8 Å². The van der Waals surface area contributed by atoms with E-state index in [-0.39, 0.29) is 45.6 Å². The minimum atomic E-state index is -0.788. The summed E-state index contributed by atoms with van der Waals surface area (Å²) >= 11 is 0. The van der Waals surface area contributed by atoms with Gasteiger partial charge in [0, 0.05) is 0 Å². The lowest BCUT2D eigenvalue weighted by Gasteiger charge is -2.72. The second-order valence-electron chi connectivity index (χ2n) is 15.5. The summed E-state index contributed by atoms with van der Waals surface area (Å²) in [5.41, 5.74) is -0.620. The molecule has 0 aromatic rings. The lowest BCUT2D eigenvalue weighted by atomic mass is 9.32. The lowest BCUT2D eigenvalue weighted by molar-refractivity contribution is -0.252. The van der Waals surface area contributed by atoms with Crippen molar-refractivity contribution in [2.24, 2.45) is 56.7 Å². The van der Waals surface area contributed by atoms with E-state index in [1.165, 1.54) is 19.3 Å². The van der Waals surface area contributed by atoms with Crippen LogP contribution < -0.4 is 0 Å². The molecule has 0 aromatic carbocycles. The highest BCUT2D eigenvalue weighted by Gasteiger charge is 2.72. The standard InChI is InChI=1S/C31H52O4/c1-26(2)21-12-15-30(7)22(28(21,5)14-13-23(26)32)10-9-20-24-19(27(3,4)34)11-16-31(24,25(33)35-8)18-17-29(20,30)6/h19-24,32,34H,9-18H2,1-8H3. The SMILES string of the molecule is COC(=O)C12CCC(C(C)(C)O)C1C1CCC3C4(C)CCC(O)C(C)(C)C4CCC3(C)C1(C)CC2. The Morgan fingerprint density at radius 1 is 0.829 bits per heavy atom. The fourth-order valence-corrected chi connectivity index (χ4v) is 11.9. The number of aliphatic hydroxyl groups is 2. The normalized spacial score (nSPS) is 53.1. The maximum absolute atomic E-state index is 13.4. The van der Waals surface area contributed by atoms with E-state index in [0.29, 0.717) is 17.8 Å². The van der Waals surface area contributed by atoms with E-state index in [4.69, 9.17) is 4.74 Å². The molecule has 5 fully saturated rings. The Bertz CT molecular complexity index is 874. The number of carbonyl (C=O) groups is 1. The molecule has 5 saturated carbocycles. The van der Waals surface area contributed by atoms with Crippen LogP contribution in [0.5, 0.6) is 0 Å². The highest BCUT2D eigenvalue weighted by molar-refractivity contribution is 5.78. The lowest BCUT2D eigenvalue weighted by Crippen LogP contribution is -2.67. The number of esters is 1. The summed E-state index contributed by atoms with van der Waals surface area (Å²) in [6.45, 7) is 16.3. The van der Waals surface area contributed by atoms with Crippen molar-refractivity contribution in [2.45, 2.75) is 124 Å². The number of ether oxygens (including phenoxy) is 1. The van der Waals surface area contributed by atoms with Gasteiger partial charge in [0.05, 0.1) is 24.2 Å². The molecule has 0 bridgehead atoms. The molecule has 10 unspecified atom stereocenters. The zero-order chi connectivity index (χ0) is 25.8. The molecule has 0 aliphatic heterocycles. The van der Waals surface area contributed by atoms with Gasteiger partial charge in [-0.25, -0.2) is 0 Å². The third-order valence-corrected chi connectivity index (χ3v) is 13.9. The molecule has 10 atom stereocenters. The van der Waals surface area contributed by atoms with Crippen LogP contribution in [0.3, 0.4) is 0 Å². The molecule has 4 heteroatoms. The molecule has 0 saturated heterocycles. The minimum absolute atomic E-state index is 0.0257. The minimum Gasteiger partial charge on any atom is -0.469 e. The Labute approximate surface area is 214 Å². The van der Waals surface area contributed by atoms with Gasteiger partial charge in [-0.15, -0.1) is 0 Å². The number of hydrogen-bond donors (Lipinski definition) is 2. The maximum atomic E-state index is 13.4. The first-order chi connectivity index (χ1) is 16.1. The Hall–Kier alpha value is -0.610. The first-order valence-corrected chi connectivity index (χ1v) is 14.6. The zero-order valence-corrected chi connectivity index (χ0v) is 23.7. The van der Waals surface area contributed by atoms with E-state index < -0.39 is 11.0 Å². The Kier molecular flexibility index (Phi) is 5.73. The highest BCUT2D eigenvalue weighted by atomic mass is 16.5. The van der Waals surface area contributed by atoms with Crippen molar-refractivity contribution in [3.63, 3.8) is 0 Å². The molecular weight excluding hydrogens is 436 g/mol. The molecule has 4 nitrogen and oxygen atoms in total. The van der Waals surface area contributed by atoms with Crippen LogP contribution in [0.2, 0.25) is 0 Å². The summed E-state index contributed by atoms with van der Waals surface area (Å²) in [5, 5.41) is 22.2. The average Bonchev–Trinajstić information content (AvgIpc) is 3.18. The average molecular weight is 489 g/mol. The smallest absolute Gasteiger partial charge is 0.312 e. The molecule has 0 heterocycles. The molecule has 0 radical (unpaired) electrons. The molecule has 35 heavy (non-hydrogen) atoms. The fourth-order valence-electron chi connectivity index (χ4n) is 11.9. The van der Waals surface area contributed by atoms with Crippen LogP contribution in [0.4, 0.5) is 0 Å². The van der Waals surface area contributed by atoms with Gasteiger partial charge in [0.25, 0.3) is 0 Å². The fraction of sp³-hybridized carbons (Fsp3) is 0.968. The van der Waals surface area contributed by atoms with Gasteiger partial charge in [-0.2, -0.15) is 0 Å². The largest absolute Gasteiger partial charge is 0.469 e. The van der Waals surface area contributed by atoms with Gasteiger partial charge < -0.3 is 14.9 Å². The van der Waals surface area contributed by atoms with Crippen molar-refractivity contribution in [1.82, 2.24) is 0 Å². The number of hydrogen-bond acceptors (Lipinski definition) is 4. The molecular formula is C31H52O4. The van der Waals surface area contributed by atoms with Gasteiger partial charge in [-0.05, 0) is 129 Å². The molecule has 5 aliphatic rings. The van der Waals surface area contributed by atoms with Crippen molar-refractivity contribution >= 4 is 5.97 Å². The van der Waals surface area contributed by atoms with Crippen molar-refractivity contribution in [3.8, 4) is 0 Å². The predicted octanol–water partition coefficient (Wildman–Crippen LogP) is 6.37. The first-order valence-electron chi connectivity index (χ1n) is 14.6. The van der Waals surface area contributed by atoms with Crippen LogP contribution >= 0.6 is 0 Å². The molecule has 0 spiro atoms. The van der Waals surface area contributed by atoms with Gasteiger partial charge in [0.1, 0.15) is 0 Å². The third kappa shape index (κ3) is 3.14. The van der Waals surface area contributed by atoms with Gasteiger partial charge >= 0.3 is 5.97 Å². The second-order valence-corrected chi connectivity index (χ2v) is 15.5. The molecule has 0 amide bonds. The van der Waals surface area contributed by atoms with E-state index in [9.17, 15) is 15.0 Å². The first kappa shape index (κ1) is 26.0. The molecule has 0 aromatic heterocycles. The Morgan fingerprint density at radius 2 is 1.51 bits per heavy atom. The van der Waals surface area contributed by atoms with Crippen LogP contribution in [-0.4, -0.2) is 35.0 Å². The van der Waals surface area contributed by atoms with Crippen LogP contribution in [-0.2, 0) is 9.53 Å². The topological polar surface area (TPSA) is 66.8 Å². The van der Waals surface area contributed by atoms with E-state index >= 15 is 0 Å². The van der Waals surface area contributed by atoms with Gasteiger partial charge in [0.15, 0.2) is 0 Å². The van der Waals surface area contributed by atoms with Crippen molar-refractivity contribution < 1.29 is 19.7 Å². The maximum Gasteiger partial charge on any atom is 0.312 e. The van der Waals surface area contributed by atoms with Gasteiger partial charge in [0.2, 0.25) is 0 Å². The second kappa shape index (κ2) is 7.71. The molecule has 5 aliphatic carbocycles. The van der Waals surface area contributed by atoms with Crippen molar-refractivity contribution in [2.75, 3.05) is 7.11 Å². The number of carbonyl (C=O) groups excluding carboxylic acids is 1. The molecule has 5 rings (SSSR count). The third-order valence-electron chi connectivity index (χ3n) is 13.9. The van der Waals surface area contributed by atoms with E-state index in [2.05, 4.69) is 34.6 Å². The van der Waals surface area contributed by atoms with E-state index in [1.54, 1.807) is 7.11 Å². The molecule has 2 N–H and O–H groups in total. The van der Waals surface area contributed by atoms with Crippen LogP contribution in [0, 0.1) is 56.7 Å². The molecule has 200 valence electrons. The number of aliphatic hydroxyl groups excluding tert-OH is 1. The van der Waals surface area contributed by atoms with Crippen LogP contribution in [0.15, 0.2) is 0 Å². The summed E-state index contributed by atoms with van der Waals surface area (Å²) in [6.07, 6.45) is 10.4. The number of rotatable bonds is 2. The van der Waals surface area contributed by atoms with Crippen LogP contribution in [0.1, 0.15) is 113 Å². The zero-order valence-electron chi connectivity index (χ0n) is 23.7. The summed E-state index contributed by atoms with van der Waals surface area (Å²) in [4.78, 5) is 13.4. The Morgan fingerprint density at radius 3 is 2.14 bits per heavy atom. The van der Waals surface area contributed by atoms with Gasteiger partial charge in [-0.1, -0.05) is 34.6 Å². The quantitative estimate of drug-likeness (QED) is 0.443. The van der Waals surface area contributed by atoms with Crippen molar-refractivity contribution in [3.05, 3.63) is 0 Å². The monoisotopic (exact) mass is 488 g/mol. The summed E-state index contributed by atoms with van der Waals surface area (Å²) in [6, 6.07) is 0. The number of fused-ring (bicyclic) bond motifs is 7. The van der Waals surface area contributed by atoms with E-state index in [0.717, 1.165) is 44.9 Å². The Balaban J connectivity index is 1.57. The summed E-state index contributed by atoms with van der Waals surface area (Å²) < 4.78 is 5.48. The summed E-state index contributed by atoms with van der Waals surface area (Å²) in [7, 11) is 1.55. The van der Waals surface area contributed by atoms with Crippen LogP contribution in [0.25, 0.3) is 0 Å².